The van der Waals surface area contributed by atoms with E-state index in [2.05, 4.69) is 0 Å². The van der Waals surface area contributed by atoms with Gasteiger partial charge in [-0.05, 0) is 37.1 Å². The van der Waals surface area contributed by atoms with Crippen molar-refractivity contribution in [3.63, 3.8) is 0 Å². The molecule has 2 atom stereocenters. The molecule has 3 rings (SSSR count). The van der Waals surface area contributed by atoms with E-state index in [1.807, 2.05) is 0 Å². The molecule has 2 unspecified atom stereocenters. The third kappa shape index (κ3) is 2.03. The molecule has 0 bridgehead atoms. The van der Waals surface area contributed by atoms with E-state index in [1.165, 1.54) is 6.07 Å². The van der Waals surface area contributed by atoms with Crippen LogP contribution in [0.15, 0.2) is 34.7 Å². The standard InChI is InChI=1S/C15H13FO3/c1-8-9(3-2-4-12(8)16)13-5-6-14(19-13)10-7-11(10)15(17)18/h2-6,10-11H,7H2,1H3,(H,17,18). The smallest absolute Gasteiger partial charge is 0.307 e. The fourth-order valence-corrected chi connectivity index (χ4v) is 2.35. The van der Waals surface area contributed by atoms with Crippen LogP contribution in [0.4, 0.5) is 4.39 Å². The van der Waals surface area contributed by atoms with Crippen molar-refractivity contribution >= 4 is 5.97 Å². The Bertz CT molecular complexity index is 645. The molecule has 1 heterocycles. The Labute approximate surface area is 109 Å². The summed E-state index contributed by atoms with van der Waals surface area (Å²) in [5, 5.41) is 8.90. The first kappa shape index (κ1) is 12.0. The molecular formula is C15H13FO3. The minimum Gasteiger partial charge on any atom is -0.481 e. The highest BCUT2D eigenvalue weighted by Crippen LogP contribution is 2.48. The monoisotopic (exact) mass is 260 g/mol. The van der Waals surface area contributed by atoms with E-state index in [9.17, 15) is 9.18 Å². The third-order valence-electron chi connectivity index (χ3n) is 3.63. The Morgan fingerprint density at radius 1 is 1.37 bits per heavy atom. The SMILES string of the molecule is Cc1c(F)cccc1-c1ccc(C2CC2C(=O)O)o1. The molecule has 98 valence electrons. The highest BCUT2D eigenvalue weighted by Gasteiger charge is 2.46. The van der Waals surface area contributed by atoms with E-state index in [4.69, 9.17) is 9.52 Å². The van der Waals surface area contributed by atoms with Crippen LogP contribution in [0.3, 0.4) is 0 Å². The molecular weight excluding hydrogens is 247 g/mol. The van der Waals surface area contributed by atoms with Gasteiger partial charge >= 0.3 is 5.97 Å². The van der Waals surface area contributed by atoms with Crippen LogP contribution in [-0.4, -0.2) is 11.1 Å². The summed E-state index contributed by atoms with van der Waals surface area (Å²) < 4.78 is 19.2. The van der Waals surface area contributed by atoms with E-state index >= 15 is 0 Å². The number of hydrogen-bond acceptors (Lipinski definition) is 2. The molecule has 0 radical (unpaired) electrons. The van der Waals surface area contributed by atoms with Crippen LogP contribution in [-0.2, 0) is 4.79 Å². The van der Waals surface area contributed by atoms with Gasteiger partial charge in [-0.15, -0.1) is 0 Å². The topological polar surface area (TPSA) is 50.4 Å². The number of hydrogen-bond donors (Lipinski definition) is 1. The molecule has 1 saturated carbocycles. The van der Waals surface area contributed by atoms with Gasteiger partial charge in [0.1, 0.15) is 17.3 Å². The Hall–Kier alpha value is -2.10. The zero-order valence-electron chi connectivity index (χ0n) is 10.4. The maximum Gasteiger partial charge on any atom is 0.307 e. The summed E-state index contributed by atoms with van der Waals surface area (Å²) in [6.45, 7) is 1.70. The van der Waals surface area contributed by atoms with Gasteiger partial charge in [-0.1, -0.05) is 12.1 Å². The Morgan fingerprint density at radius 2 is 2.16 bits per heavy atom. The molecule has 1 fully saturated rings. The van der Waals surface area contributed by atoms with Crippen LogP contribution >= 0.6 is 0 Å². The van der Waals surface area contributed by atoms with Crippen molar-refractivity contribution in [3.05, 3.63) is 47.5 Å². The van der Waals surface area contributed by atoms with Gasteiger partial charge in [0.15, 0.2) is 0 Å². The largest absolute Gasteiger partial charge is 0.481 e. The fourth-order valence-electron chi connectivity index (χ4n) is 2.35. The van der Waals surface area contributed by atoms with Gasteiger partial charge in [0.2, 0.25) is 0 Å². The number of carbonyl (C=O) groups is 1. The van der Waals surface area contributed by atoms with E-state index in [0.29, 0.717) is 29.1 Å². The summed E-state index contributed by atoms with van der Waals surface area (Å²) in [7, 11) is 0. The van der Waals surface area contributed by atoms with Crippen LogP contribution < -0.4 is 0 Å². The average molecular weight is 260 g/mol. The molecule has 4 heteroatoms. The second-order valence-corrected chi connectivity index (χ2v) is 4.90. The first-order chi connectivity index (χ1) is 9.08. The number of carboxylic acids is 1. The summed E-state index contributed by atoms with van der Waals surface area (Å²) in [5.74, 6) is -0.183. The van der Waals surface area contributed by atoms with Crippen LogP contribution in [0, 0.1) is 18.7 Å². The second-order valence-electron chi connectivity index (χ2n) is 4.90. The van der Waals surface area contributed by atoms with Crippen molar-refractivity contribution < 1.29 is 18.7 Å². The minimum atomic E-state index is -0.787. The van der Waals surface area contributed by atoms with Gasteiger partial charge in [0, 0.05) is 11.5 Å². The first-order valence-corrected chi connectivity index (χ1v) is 6.16. The molecule has 19 heavy (non-hydrogen) atoms. The van der Waals surface area contributed by atoms with E-state index in [1.54, 1.807) is 31.2 Å². The second kappa shape index (κ2) is 4.23. The number of benzene rings is 1. The maximum absolute atomic E-state index is 13.5. The predicted octanol–water partition coefficient (Wildman–Crippen LogP) is 3.58. The quantitative estimate of drug-likeness (QED) is 0.917. The van der Waals surface area contributed by atoms with Crippen molar-refractivity contribution in [1.82, 2.24) is 0 Å². The van der Waals surface area contributed by atoms with E-state index in [-0.39, 0.29) is 17.7 Å². The van der Waals surface area contributed by atoms with Crippen molar-refractivity contribution in [2.45, 2.75) is 19.3 Å². The lowest BCUT2D eigenvalue weighted by Crippen LogP contribution is -1.98. The number of aliphatic carboxylic acids is 1. The number of furan rings is 1. The van der Waals surface area contributed by atoms with Crippen molar-refractivity contribution in [3.8, 4) is 11.3 Å². The fraction of sp³-hybridized carbons (Fsp3) is 0.267. The molecule has 1 aliphatic rings. The highest BCUT2D eigenvalue weighted by atomic mass is 19.1. The average Bonchev–Trinajstić information content (AvgIpc) is 3.04. The number of rotatable bonds is 3. The molecule has 1 aromatic heterocycles. The molecule has 0 amide bonds. The Kier molecular flexibility index (Phi) is 2.66. The van der Waals surface area contributed by atoms with Crippen molar-refractivity contribution in [2.75, 3.05) is 0 Å². The van der Waals surface area contributed by atoms with Gasteiger partial charge in [0.25, 0.3) is 0 Å². The van der Waals surface area contributed by atoms with Crippen LogP contribution in [0.2, 0.25) is 0 Å². The maximum atomic E-state index is 13.5. The van der Waals surface area contributed by atoms with Crippen molar-refractivity contribution in [2.24, 2.45) is 5.92 Å². The molecule has 1 aromatic carbocycles. The molecule has 0 aliphatic heterocycles. The van der Waals surface area contributed by atoms with Crippen LogP contribution in [0.25, 0.3) is 11.3 Å². The zero-order valence-corrected chi connectivity index (χ0v) is 10.4. The number of carboxylic acid groups (broad SMARTS) is 1. The summed E-state index contributed by atoms with van der Waals surface area (Å²) >= 11 is 0. The van der Waals surface area contributed by atoms with Gasteiger partial charge in [0.05, 0.1) is 5.92 Å². The molecule has 3 nitrogen and oxygen atoms in total. The normalized spacial score (nSPS) is 21.4. The molecule has 1 N–H and O–H groups in total. The predicted molar refractivity (Wildman–Crippen MR) is 67.3 cm³/mol. The Morgan fingerprint density at radius 3 is 2.84 bits per heavy atom. The molecule has 0 saturated heterocycles. The minimum absolute atomic E-state index is 0.0416. The first-order valence-electron chi connectivity index (χ1n) is 6.16. The molecule has 1 aliphatic carbocycles. The number of halogens is 1. The summed E-state index contributed by atoms with van der Waals surface area (Å²) in [6, 6.07) is 8.39. The lowest BCUT2D eigenvalue weighted by Gasteiger charge is -2.03. The summed E-state index contributed by atoms with van der Waals surface area (Å²) in [5.41, 5.74) is 1.24. The summed E-state index contributed by atoms with van der Waals surface area (Å²) in [6.07, 6.45) is 0.615. The van der Waals surface area contributed by atoms with Gasteiger partial charge in [-0.25, -0.2) is 4.39 Å². The third-order valence-corrected chi connectivity index (χ3v) is 3.63. The lowest BCUT2D eigenvalue weighted by atomic mass is 10.1. The lowest BCUT2D eigenvalue weighted by molar-refractivity contribution is -0.138. The van der Waals surface area contributed by atoms with Gasteiger partial charge in [-0.3, -0.25) is 4.79 Å². The van der Waals surface area contributed by atoms with Crippen molar-refractivity contribution in [1.29, 1.82) is 0 Å². The summed E-state index contributed by atoms with van der Waals surface area (Å²) in [4.78, 5) is 10.8. The Balaban J connectivity index is 1.90. The molecule has 2 aromatic rings. The van der Waals surface area contributed by atoms with Gasteiger partial charge < -0.3 is 9.52 Å². The van der Waals surface area contributed by atoms with E-state index < -0.39 is 5.97 Å². The highest BCUT2D eigenvalue weighted by molar-refractivity contribution is 5.75. The van der Waals surface area contributed by atoms with Crippen LogP contribution in [0.1, 0.15) is 23.7 Å². The van der Waals surface area contributed by atoms with Crippen LogP contribution in [0.5, 0.6) is 0 Å². The van der Waals surface area contributed by atoms with E-state index in [0.717, 1.165) is 0 Å². The molecule has 0 spiro atoms. The van der Waals surface area contributed by atoms with Gasteiger partial charge in [-0.2, -0.15) is 0 Å². The zero-order chi connectivity index (χ0) is 13.6.